The Hall–Kier alpha value is -1.16. The van der Waals surface area contributed by atoms with Crippen molar-refractivity contribution in [2.75, 3.05) is 7.05 Å². The average molecular weight is 332 g/mol. The summed E-state index contributed by atoms with van der Waals surface area (Å²) in [5.74, 6) is 0. The molecule has 0 radical (unpaired) electrons. The highest BCUT2D eigenvalue weighted by Crippen LogP contribution is 2.33. The van der Waals surface area contributed by atoms with Crippen LogP contribution in [0.3, 0.4) is 0 Å². The Bertz CT molecular complexity index is 705. The van der Waals surface area contributed by atoms with Gasteiger partial charge in [-0.25, -0.2) is 0 Å². The van der Waals surface area contributed by atoms with Gasteiger partial charge in [0.25, 0.3) is 0 Å². The topological polar surface area (TPSA) is 12.0 Å². The maximum Gasteiger partial charge on any atom is 0.0589 e. The van der Waals surface area contributed by atoms with Gasteiger partial charge in [0.2, 0.25) is 0 Å². The molecule has 1 heterocycles. The van der Waals surface area contributed by atoms with Crippen molar-refractivity contribution in [2.45, 2.75) is 6.04 Å². The fraction of sp³-hybridized carbons (Fsp3) is 0.125. The Kier molecular flexibility index (Phi) is 3.69. The molecule has 1 unspecified atom stereocenters. The van der Waals surface area contributed by atoms with Gasteiger partial charge in [-0.2, -0.15) is 0 Å². The van der Waals surface area contributed by atoms with Crippen molar-refractivity contribution >= 4 is 37.4 Å². The van der Waals surface area contributed by atoms with Crippen LogP contribution in [0.15, 0.2) is 58.4 Å². The van der Waals surface area contributed by atoms with Crippen molar-refractivity contribution in [3.05, 3.63) is 69.5 Å². The first kappa shape index (κ1) is 12.9. The highest BCUT2D eigenvalue weighted by molar-refractivity contribution is 9.10. The van der Waals surface area contributed by atoms with Crippen LogP contribution in [0, 0.1) is 0 Å². The first-order valence-corrected chi connectivity index (χ1v) is 7.85. The van der Waals surface area contributed by atoms with Crippen molar-refractivity contribution in [2.24, 2.45) is 0 Å². The van der Waals surface area contributed by atoms with Gasteiger partial charge in [-0.1, -0.05) is 46.3 Å². The molecule has 0 amide bonds. The first-order chi connectivity index (χ1) is 9.29. The van der Waals surface area contributed by atoms with Crippen molar-refractivity contribution < 1.29 is 0 Å². The molecule has 3 rings (SSSR count). The van der Waals surface area contributed by atoms with Gasteiger partial charge in [0.1, 0.15) is 0 Å². The summed E-state index contributed by atoms with van der Waals surface area (Å²) in [6.07, 6.45) is 0. The van der Waals surface area contributed by atoms with E-state index in [1.54, 1.807) is 11.3 Å². The van der Waals surface area contributed by atoms with E-state index in [0.29, 0.717) is 0 Å². The lowest BCUT2D eigenvalue weighted by molar-refractivity contribution is 0.698. The lowest BCUT2D eigenvalue weighted by Crippen LogP contribution is -2.17. The Balaban J connectivity index is 2.12. The number of benzene rings is 2. The third kappa shape index (κ3) is 2.46. The normalized spacial score (nSPS) is 12.7. The summed E-state index contributed by atoms with van der Waals surface area (Å²) in [7, 11) is 2.01. The van der Waals surface area contributed by atoms with Crippen molar-refractivity contribution in [1.82, 2.24) is 5.32 Å². The summed E-state index contributed by atoms with van der Waals surface area (Å²) in [5, 5.41) is 7.02. The fourth-order valence-electron chi connectivity index (χ4n) is 2.41. The first-order valence-electron chi connectivity index (χ1n) is 6.18. The van der Waals surface area contributed by atoms with E-state index in [2.05, 4.69) is 75.2 Å². The van der Waals surface area contributed by atoms with Gasteiger partial charge in [-0.05, 0) is 47.1 Å². The van der Waals surface area contributed by atoms with Gasteiger partial charge in [0, 0.05) is 9.17 Å². The summed E-state index contributed by atoms with van der Waals surface area (Å²) < 4.78 is 2.46. The van der Waals surface area contributed by atoms with Crippen LogP contribution in [0.5, 0.6) is 0 Å². The van der Waals surface area contributed by atoms with E-state index >= 15 is 0 Å². The van der Waals surface area contributed by atoms with E-state index in [1.807, 2.05) is 7.05 Å². The van der Waals surface area contributed by atoms with Crippen LogP contribution in [0.4, 0.5) is 0 Å². The van der Waals surface area contributed by atoms with Gasteiger partial charge >= 0.3 is 0 Å². The van der Waals surface area contributed by atoms with Crippen LogP contribution in [0.2, 0.25) is 0 Å². The van der Waals surface area contributed by atoms with Crippen LogP contribution < -0.4 is 5.32 Å². The van der Waals surface area contributed by atoms with E-state index in [0.717, 1.165) is 4.47 Å². The second-order valence-corrected chi connectivity index (χ2v) is 6.29. The highest BCUT2D eigenvalue weighted by atomic mass is 79.9. The van der Waals surface area contributed by atoms with Gasteiger partial charge < -0.3 is 5.32 Å². The molecular formula is C16H14BrNS. The fourth-order valence-corrected chi connectivity index (χ4v) is 3.81. The lowest BCUT2D eigenvalue weighted by atomic mass is 9.98. The number of halogens is 1. The SMILES string of the molecule is CNC(c1cccc(Br)c1)c1csc2ccccc12. The van der Waals surface area contributed by atoms with Crippen molar-refractivity contribution in [1.29, 1.82) is 0 Å². The van der Waals surface area contributed by atoms with E-state index in [9.17, 15) is 0 Å². The Morgan fingerprint density at radius 3 is 2.74 bits per heavy atom. The zero-order valence-corrected chi connectivity index (χ0v) is 13.0. The van der Waals surface area contributed by atoms with Crippen LogP contribution in [-0.2, 0) is 0 Å². The second-order valence-electron chi connectivity index (χ2n) is 4.46. The maximum absolute atomic E-state index is 3.55. The Labute approximate surface area is 125 Å². The molecule has 0 saturated carbocycles. The van der Waals surface area contributed by atoms with Crippen LogP contribution in [0.25, 0.3) is 10.1 Å². The quantitative estimate of drug-likeness (QED) is 0.714. The summed E-state index contributed by atoms with van der Waals surface area (Å²) in [6.45, 7) is 0. The van der Waals surface area contributed by atoms with Gasteiger partial charge in [0.15, 0.2) is 0 Å². The standard InChI is InChI=1S/C16H14BrNS/c1-18-16(11-5-4-6-12(17)9-11)14-10-19-15-8-3-2-7-13(14)15/h2-10,16,18H,1H3. The van der Waals surface area contributed by atoms with Crippen LogP contribution in [-0.4, -0.2) is 7.05 Å². The molecule has 0 aliphatic heterocycles. The summed E-state index contributed by atoms with van der Waals surface area (Å²) in [6, 6.07) is 17.3. The summed E-state index contributed by atoms with van der Waals surface area (Å²) in [4.78, 5) is 0. The molecule has 96 valence electrons. The van der Waals surface area contributed by atoms with E-state index < -0.39 is 0 Å². The highest BCUT2D eigenvalue weighted by Gasteiger charge is 2.16. The number of nitrogens with one attached hydrogen (secondary N) is 1. The molecule has 0 aliphatic carbocycles. The zero-order chi connectivity index (χ0) is 13.2. The molecule has 0 fully saturated rings. The average Bonchev–Trinajstić information content (AvgIpc) is 2.84. The number of hydrogen-bond acceptors (Lipinski definition) is 2. The van der Waals surface area contributed by atoms with Crippen LogP contribution in [0.1, 0.15) is 17.2 Å². The molecule has 0 spiro atoms. The molecular weight excluding hydrogens is 318 g/mol. The Morgan fingerprint density at radius 1 is 1.11 bits per heavy atom. The third-order valence-corrected chi connectivity index (χ3v) is 4.77. The van der Waals surface area contributed by atoms with Crippen LogP contribution >= 0.6 is 27.3 Å². The number of hydrogen-bond donors (Lipinski definition) is 1. The minimum absolute atomic E-state index is 0.230. The summed E-state index contributed by atoms with van der Waals surface area (Å²) in [5.41, 5.74) is 2.63. The molecule has 3 aromatic rings. The number of fused-ring (bicyclic) bond motifs is 1. The lowest BCUT2D eigenvalue weighted by Gasteiger charge is -2.16. The van der Waals surface area contributed by atoms with Crippen molar-refractivity contribution in [3.63, 3.8) is 0 Å². The molecule has 0 saturated heterocycles. The van der Waals surface area contributed by atoms with Gasteiger partial charge in [-0.3, -0.25) is 0 Å². The molecule has 19 heavy (non-hydrogen) atoms. The van der Waals surface area contributed by atoms with E-state index in [4.69, 9.17) is 0 Å². The van der Waals surface area contributed by atoms with E-state index in [-0.39, 0.29) is 6.04 Å². The molecule has 2 aromatic carbocycles. The largest absolute Gasteiger partial charge is 0.309 e. The smallest absolute Gasteiger partial charge is 0.0589 e. The third-order valence-electron chi connectivity index (χ3n) is 3.29. The molecule has 1 aromatic heterocycles. The van der Waals surface area contributed by atoms with Gasteiger partial charge in [0.05, 0.1) is 6.04 Å². The molecule has 1 N–H and O–H groups in total. The minimum Gasteiger partial charge on any atom is -0.309 e. The van der Waals surface area contributed by atoms with Gasteiger partial charge in [-0.15, -0.1) is 11.3 Å². The molecule has 1 nitrogen and oxygen atoms in total. The Morgan fingerprint density at radius 2 is 1.95 bits per heavy atom. The predicted molar refractivity (Wildman–Crippen MR) is 86.9 cm³/mol. The van der Waals surface area contributed by atoms with E-state index in [1.165, 1.54) is 21.2 Å². The summed E-state index contributed by atoms with van der Waals surface area (Å²) >= 11 is 5.35. The monoisotopic (exact) mass is 331 g/mol. The maximum atomic E-state index is 3.55. The number of thiophene rings is 1. The zero-order valence-electron chi connectivity index (χ0n) is 10.6. The molecule has 1 atom stereocenters. The molecule has 0 aliphatic rings. The second kappa shape index (κ2) is 5.45. The minimum atomic E-state index is 0.230. The molecule has 3 heteroatoms. The predicted octanol–water partition coefficient (Wildman–Crippen LogP) is 4.97. The molecule has 0 bridgehead atoms. The number of rotatable bonds is 3. The van der Waals surface area contributed by atoms with Crippen molar-refractivity contribution in [3.8, 4) is 0 Å².